The first-order chi connectivity index (χ1) is 8.10. The molecular weight excluding hydrogens is 226 g/mol. The molecule has 6 heteroatoms. The van der Waals surface area contributed by atoms with Crippen molar-refractivity contribution in [1.82, 2.24) is 0 Å². The first kappa shape index (κ1) is 13.9. The van der Waals surface area contributed by atoms with Crippen molar-refractivity contribution >= 4 is 5.97 Å². The average molecular weight is 245 g/mol. The van der Waals surface area contributed by atoms with Crippen molar-refractivity contribution in [3.05, 3.63) is 10.1 Å². The Morgan fingerprint density at radius 1 is 1.53 bits per heavy atom. The number of nitro groups is 1. The molecule has 1 rings (SSSR count). The molecule has 0 aromatic carbocycles. The van der Waals surface area contributed by atoms with Gasteiger partial charge >= 0.3 is 5.97 Å². The van der Waals surface area contributed by atoms with Crippen molar-refractivity contribution in [3.8, 4) is 0 Å². The molecule has 1 fully saturated rings. The predicted molar refractivity (Wildman–Crippen MR) is 59.9 cm³/mol. The van der Waals surface area contributed by atoms with Gasteiger partial charge in [0.15, 0.2) is 0 Å². The summed E-state index contributed by atoms with van der Waals surface area (Å²) in [5.74, 6) is -1.00. The van der Waals surface area contributed by atoms with E-state index in [1.807, 2.05) is 0 Å². The molecule has 98 valence electrons. The number of rotatable bonds is 5. The molecule has 17 heavy (non-hydrogen) atoms. The van der Waals surface area contributed by atoms with E-state index in [4.69, 9.17) is 0 Å². The molecule has 1 aliphatic rings. The number of esters is 1. The van der Waals surface area contributed by atoms with Crippen LogP contribution >= 0.6 is 0 Å². The second-order valence-corrected chi connectivity index (χ2v) is 4.52. The normalized spacial score (nSPS) is 26.2. The van der Waals surface area contributed by atoms with Crippen LogP contribution < -0.4 is 0 Å². The second-order valence-electron chi connectivity index (χ2n) is 4.52. The minimum absolute atomic E-state index is 0.0575. The number of methoxy groups -OCH3 is 1. The highest BCUT2D eigenvalue weighted by atomic mass is 16.6. The fraction of sp³-hybridized carbons (Fsp3) is 0.909. The van der Waals surface area contributed by atoms with E-state index in [9.17, 15) is 20.0 Å². The number of hydrogen-bond acceptors (Lipinski definition) is 5. The summed E-state index contributed by atoms with van der Waals surface area (Å²) in [6.45, 7) is -0.204. The van der Waals surface area contributed by atoms with Crippen molar-refractivity contribution < 1.29 is 19.6 Å². The molecule has 1 aliphatic carbocycles. The lowest BCUT2D eigenvalue weighted by atomic mass is 9.75. The molecule has 0 saturated heterocycles. The zero-order valence-corrected chi connectivity index (χ0v) is 10.0. The highest BCUT2D eigenvalue weighted by molar-refractivity contribution is 5.69. The molecule has 0 unspecified atom stereocenters. The van der Waals surface area contributed by atoms with Gasteiger partial charge in [0, 0.05) is 29.8 Å². The summed E-state index contributed by atoms with van der Waals surface area (Å²) in [6, 6.07) is -0.634. The summed E-state index contributed by atoms with van der Waals surface area (Å²) in [6.07, 6.45) is 3.07. The highest BCUT2D eigenvalue weighted by Crippen LogP contribution is 2.33. The van der Waals surface area contributed by atoms with Gasteiger partial charge in [0.25, 0.3) is 0 Å². The summed E-state index contributed by atoms with van der Waals surface area (Å²) in [4.78, 5) is 21.9. The molecule has 0 radical (unpaired) electrons. The molecule has 6 nitrogen and oxygen atoms in total. The first-order valence-corrected chi connectivity index (χ1v) is 5.91. The molecule has 0 spiro atoms. The van der Waals surface area contributed by atoms with Crippen LogP contribution in [-0.2, 0) is 9.53 Å². The fourth-order valence-corrected chi connectivity index (χ4v) is 2.60. The Hall–Kier alpha value is -1.17. The summed E-state index contributed by atoms with van der Waals surface area (Å²) >= 11 is 0. The fourth-order valence-electron chi connectivity index (χ4n) is 2.60. The van der Waals surface area contributed by atoms with Crippen LogP contribution in [-0.4, -0.2) is 35.8 Å². The minimum Gasteiger partial charge on any atom is -0.469 e. The number of hydrogen-bond donors (Lipinski definition) is 1. The van der Waals surface area contributed by atoms with Crippen LogP contribution in [0.15, 0.2) is 0 Å². The van der Waals surface area contributed by atoms with Gasteiger partial charge in [-0.05, 0) is 12.8 Å². The standard InChI is InChI=1S/C11H19NO5/c1-17-11(14)6-8(7-13)9-4-2-3-5-10(9)12(15)16/h8-10,13H,2-7H2,1H3/t8-,9+,10+/m0/s1. The van der Waals surface area contributed by atoms with Crippen LogP contribution in [0.1, 0.15) is 32.1 Å². The van der Waals surface area contributed by atoms with Crippen LogP contribution in [0.4, 0.5) is 0 Å². The summed E-state index contributed by atoms with van der Waals surface area (Å²) < 4.78 is 4.55. The summed E-state index contributed by atoms with van der Waals surface area (Å²) in [7, 11) is 1.28. The summed E-state index contributed by atoms with van der Waals surface area (Å²) in [5, 5.41) is 20.2. The van der Waals surface area contributed by atoms with E-state index in [0.29, 0.717) is 12.8 Å². The maximum atomic E-state index is 11.2. The predicted octanol–water partition coefficient (Wildman–Crippen LogP) is 0.993. The van der Waals surface area contributed by atoms with Crippen molar-refractivity contribution in [2.75, 3.05) is 13.7 Å². The molecule has 1 N–H and O–H groups in total. The Morgan fingerprint density at radius 2 is 2.18 bits per heavy atom. The van der Waals surface area contributed by atoms with Gasteiger partial charge in [-0.25, -0.2) is 0 Å². The molecule has 0 bridgehead atoms. The lowest BCUT2D eigenvalue weighted by Gasteiger charge is -2.30. The molecule has 1 saturated carbocycles. The third-order valence-corrected chi connectivity index (χ3v) is 3.55. The maximum Gasteiger partial charge on any atom is 0.305 e. The van der Waals surface area contributed by atoms with Gasteiger partial charge in [-0.2, -0.15) is 0 Å². The van der Waals surface area contributed by atoms with Gasteiger partial charge in [0.05, 0.1) is 13.5 Å². The molecule has 0 heterocycles. The monoisotopic (exact) mass is 245 g/mol. The lowest BCUT2D eigenvalue weighted by Crippen LogP contribution is -2.39. The van der Waals surface area contributed by atoms with Crippen molar-refractivity contribution in [2.45, 2.75) is 38.1 Å². The van der Waals surface area contributed by atoms with Crippen LogP contribution in [0.25, 0.3) is 0 Å². The van der Waals surface area contributed by atoms with Crippen molar-refractivity contribution in [3.63, 3.8) is 0 Å². The van der Waals surface area contributed by atoms with Crippen LogP contribution in [0, 0.1) is 22.0 Å². The summed E-state index contributed by atoms with van der Waals surface area (Å²) in [5.41, 5.74) is 0. The van der Waals surface area contributed by atoms with Crippen molar-refractivity contribution in [1.29, 1.82) is 0 Å². The molecule has 0 aliphatic heterocycles. The Labute approximate surface area is 100 Å². The van der Waals surface area contributed by atoms with E-state index in [-0.39, 0.29) is 29.8 Å². The van der Waals surface area contributed by atoms with E-state index in [2.05, 4.69) is 4.74 Å². The smallest absolute Gasteiger partial charge is 0.305 e. The van der Waals surface area contributed by atoms with E-state index in [1.165, 1.54) is 7.11 Å². The second kappa shape index (κ2) is 6.54. The molecule has 0 amide bonds. The van der Waals surface area contributed by atoms with Crippen LogP contribution in [0.5, 0.6) is 0 Å². The number of aliphatic hydroxyl groups excluding tert-OH is 1. The van der Waals surface area contributed by atoms with Crippen LogP contribution in [0.3, 0.4) is 0 Å². The Balaban J connectivity index is 2.70. The number of carbonyl (C=O) groups is 1. The number of carbonyl (C=O) groups excluding carboxylic acids is 1. The minimum atomic E-state index is -0.634. The zero-order chi connectivity index (χ0) is 12.8. The number of aliphatic hydroxyl groups is 1. The zero-order valence-electron chi connectivity index (χ0n) is 10.0. The third kappa shape index (κ3) is 3.66. The molecular formula is C11H19NO5. The first-order valence-electron chi connectivity index (χ1n) is 5.91. The van der Waals surface area contributed by atoms with E-state index >= 15 is 0 Å². The number of ether oxygens (including phenoxy) is 1. The van der Waals surface area contributed by atoms with Gasteiger partial charge in [-0.15, -0.1) is 0 Å². The SMILES string of the molecule is COC(=O)C[C@@H](CO)[C@H]1CCCC[C@H]1[N+](=O)[O-]. The lowest BCUT2D eigenvalue weighted by molar-refractivity contribution is -0.538. The largest absolute Gasteiger partial charge is 0.469 e. The van der Waals surface area contributed by atoms with E-state index in [0.717, 1.165) is 12.8 Å². The Kier molecular flexibility index (Phi) is 5.34. The van der Waals surface area contributed by atoms with Gasteiger partial charge in [0.2, 0.25) is 6.04 Å². The topological polar surface area (TPSA) is 89.7 Å². The van der Waals surface area contributed by atoms with Gasteiger partial charge in [-0.3, -0.25) is 14.9 Å². The van der Waals surface area contributed by atoms with Gasteiger partial charge < -0.3 is 9.84 Å². The Bertz CT molecular complexity index is 281. The third-order valence-electron chi connectivity index (χ3n) is 3.55. The van der Waals surface area contributed by atoms with E-state index < -0.39 is 12.0 Å². The maximum absolute atomic E-state index is 11.2. The molecule has 0 aromatic rings. The average Bonchev–Trinajstić information content (AvgIpc) is 2.35. The van der Waals surface area contributed by atoms with Crippen LogP contribution in [0.2, 0.25) is 0 Å². The van der Waals surface area contributed by atoms with E-state index in [1.54, 1.807) is 0 Å². The number of nitrogens with zero attached hydrogens (tertiary/aromatic N) is 1. The van der Waals surface area contributed by atoms with Gasteiger partial charge in [0.1, 0.15) is 0 Å². The highest BCUT2D eigenvalue weighted by Gasteiger charge is 2.39. The van der Waals surface area contributed by atoms with Crippen molar-refractivity contribution in [2.24, 2.45) is 11.8 Å². The quantitative estimate of drug-likeness (QED) is 0.443. The molecule has 3 atom stereocenters. The van der Waals surface area contributed by atoms with Gasteiger partial charge in [-0.1, -0.05) is 6.42 Å². The Morgan fingerprint density at radius 3 is 2.71 bits per heavy atom. The molecule has 0 aromatic heterocycles.